The third-order valence-corrected chi connectivity index (χ3v) is 5.30. The molecule has 1 atom stereocenters. The summed E-state index contributed by atoms with van der Waals surface area (Å²) in [4.78, 5) is 29.2. The van der Waals surface area contributed by atoms with Crippen LogP contribution in [-0.4, -0.2) is 31.5 Å². The van der Waals surface area contributed by atoms with Crippen molar-refractivity contribution in [3.05, 3.63) is 54.1 Å². The van der Waals surface area contributed by atoms with Gasteiger partial charge in [-0.3, -0.25) is 9.59 Å². The van der Waals surface area contributed by atoms with Crippen molar-refractivity contribution >= 4 is 23.2 Å². The lowest BCUT2D eigenvalue weighted by Crippen LogP contribution is -2.38. The normalized spacial score (nSPS) is 15.7. The second-order valence-electron chi connectivity index (χ2n) is 7.25. The minimum atomic E-state index is -0.436. The van der Waals surface area contributed by atoms with Crippen LogP contribution in [0.1, 0.15) is 32.3 Å². The molecule has 1 unspecified atom stereocenters. The van der Waals surface area contributed by atoms with Crippen molar-refractivity contribution < 1.29 is 14.3 Å². The van der Waals surface area contributed by atoms with E-state index in [9.17, 15) is 9.59 Å². The van der Waals surface area contributed by atoms with Crippen molar-refractivity contribution in [1.82, 2.24) is 0 Å². The lowest BCUT2D eigenvalue weighted by atomic mass is 10.1. The number of amides is 2. The second kappa shape index (κ2) is 9.93. The zero-order valence-corrected chi connectivity index (χ0v) is 17.5. The molecule has 1 aliphatic heterocycles. The Morgan fingerprint density at radius 1 is 1.17 bits per heavy atom. The summed E-state index contributed by atoms with van der Waals surface area (Å²) in [5.41, 5.74) is 2.73. The van der Waals surface area contributed by atoms with Crippen LogP contribution in [0.25, 0.3) is 0 Å². The fourth-order valence-electron chi connectivity index (χ4n) is 3.67. The topological polar surface area (TPSA) is 73.6 Å². The number of ether oxygens (including phenoxy) is 1. The van der Waals surface area contributed by atoms with Crippen LogP contribution in [0.2, 0.25) is 0 Å². The predicted molar refractivity (Wildman–Crippen MR) is 116 cm³/mol. The number of rotatable bonds is 8. The summed E-state index contributed by atoms with van der Waals surface area (Å²) in [7, 11) is 0. The van der Waals surface area contributed by atoms with Crippen LogP contribution >= 0.6 is 0 Å². The van der Waals surface area contributed by atoms with Crippen molar-refractivity contribution in [2.24, 2.45) is 5.92 Å². The van der Waals surface area contributed by atoms with E-state index in [4.69, 9.17) is 10.00 Å². The Morgan fingerprint density at radius 3 is 2.47 bits per heavy atom. The minimum absolute atomic E-state index is 0.0514. The fraction of sp³-hybridized carbons (Fsp3) is 0.375. The number of hydrogen-bond acceptors (Lipinski definition) is 4. The average molecular weight is 405 g/mol. The summed E-state index contributed by atoms with van der Waals surface area (Å²) in [5.74, 6) is 0.111. The quantitative estimate of drug-likeness (QED) is 0.667. The van der Waals surface area contributed by atoms with Gasteiger partial charge in [0.2, 0.25) is 11.8 Å². The van der Waals surface area contributed by atoms with Crippen LogP contribution in [0.5, 0.6) is 5.75 Å². The molecule has 2 aromatic rings. The molecule has 0 bridgehead atoms. The molecule has 3 rings (SSSR count). The minimum Gasteiger partial charge on any atom is -0.494 e. The largest absolute Gasteiger partial charge is 0.494 e. The first-order valence-corrected chi connectivity index (χ1v) is 10.4. The number of benzene rings is 2. The average Bonchev–Trinajstić information content (AvgIpc) is 3.17. The van der Waals surface area contributed by atoms with Gasteiger partial charge in [0.1, 0.15) is 5.75 Å². The number of hydrogen-bond donors (Lipinski definition) is 0. The maximum absolute atomic E-state index is 13.3. The molecule has 0 N–H and O–H groups in total. The predicted octanol–water partition coefficient (Wildman–Crippen LogP) is 3.95. The Kier molecular flexibility index (Phi) is 7.08. The first-order chi connectivity index (χ1) is 14.6. The Hall–Kier alpha value is -3.33. The van der Waals surface area contributed by atoms with Crippen LogP contribution in [-0.2, 0) is 16.0 Å². The molecule has 6 nitrogen and oxygen atoms in total. The fourth-order valence-corrected chi connectivity index (χ4v) is 3.67. The molecule has 6 heteroatoms. The van der Waals surface area contributed by atoms with Crippen molar-refractivity contribution in [2.75, 3.05) is 29.5 Å². The van der Waals surface area contributed by atoms with Crippen LogP contribution in [0.3, 0.4) is 0 Å². The van der Waals surface area contributed by atoms with Gasteiger partial charge in [0.15, 0.2) is 0 Å². The van der Waals surface area contributed by atoms with Crippen LogP contribution < -0.4 is 14.5 Å². The van der Waals surface area contributed by atoms with Gasteiger partial charge in [-0.25, -0.2) is 0 Å². The van der Waals surface area contributed by atoms with Gasteiger partial charge in [-0.2, -0.15) is 5.26 Å². The highest BCUT2D eigenvalue weighted by molar-refractivity contribution is 6.04. The van der Waals surface area contributed by atoms with Gasteiger partial charge in [-0.05, 0) is 55.3 Å². The molecule has 1 heterocycles. The smallest absolute Gasteiger partial charge is 0.232 e. The van der Waals surface area contributed by atoms with Crippen molar-refractivity contribution in [3.8, 4) is 11.8 Å². The molecule has 30 heavy (non-hydrogen) atoms. The number of carbonyl (C=O) groups is 2. The summed E-state index contributed by atoms with van der Waals surface area (Å²) >= 11 is 0. The lowest BCUT2D eigenvalue weighted by Gasteiger charge is -2.25. The number of nitriles is 1. The van der Waals surface area contributed by atoms with Gasteiger partial charge < -0.3 is 14.5 Å². The highest BCUT2D eigenvalue weighted by atomic mass is 16.5. The van der Waals surface area contributed by atoms with Crippen molar-refractivity contribution in [3.63, 3.8) is 0 Å². The molecule has 2 aromatic carbocycles. The van der Waals surface area contributed by atoms with E-state index >= 15 is 0 Å². The van der Waals surface area contributed by atoms with Crippen LogP contribution in [0, 0.1) is 17.2 Å². The number of carbonyl (C=O) groups excluding carboxylic acids is 2. The molecule has 0 saturated carbocycles. The zero-order valence-electron chi connectivity index (χ0n) is 17.5. The molecule has 0 spiro atoms. The van der Waals surface area contributed by atoms with E-state index in [2.05, 4.69) is 13.0 Å². The SMILES string of the molecule is CCOc1ccc(N(CCC#N)C(=O)C2CC(=O)N(c3ccc(CC)cc3)C2)cc1. The van der Waals surface area contributed by atoms with Gasteiger partial charge in [0, 0.05) is 30.9 Å². The van der Waals surface area contributed by atoms with Crippen molar-refractivity contribution in [1.29, 1.82) is 5.26 Å². The Labute approximate surface area is 177 Å². The maximum Gasteiger partial charge on any atom is 0.232 e. The molecule has 0 aromatic heterocycles. The first kappa shape index (κ1) is 21.4. The standard InChI is InChI=1S/C24H27N3O3/c1-3-18-6-8-21(9-7-18)27-17-19(16-23(27)28)24(29)26(15-5-14-25)20-10-12-22(13-11-20)30-4-2/h6-13,19H,3-5,15-17H2,1-2H3. The third kappa shape index (κ3) is 4.80. The highest BCUT2D eigenvalue weighted by Gasteiger charge is 2.37. The van der Waals surface area contributed by atoms with Gasteiger partial charge in [0.25, 0.3) is 0 Å². The number of aryl methyl sites for hydroxylation is 1. The zero-order chi connectivity index (χ0) is 21.5. The van der Waals surface area contributed by atoms with Crippen LogP contribution in [0.4, 0.5) is 11.4 Å². The number of nitrogens with zero attached hydrogens (tertiary/aromatic N) is 3. The summed E-state index contributed by atoms with van der Waals surface area (Å²) in [6.07, 6.45) is 1.33. The molecule has 156 valence electrons. The van der Waals surface area contributed by atoms with E-state index in [0.29, 0.717) is 25.4 Å². The van der Waals surface area contributed by atoms with E-state index in [1.165, 1.54) is 5.56 Å². The molecular formula is C24H27N3O3. The lowest BCUT2D eigenvalue weighted by molar-refractivity contribution is -0.124. The Balaban J connectivity index is 1.77. The molecule has 1 saturated heterocycles. The molecule has 0 aliphatic carbocycles. The summed E-state index contributed by atoms with van der Waals surface area (Å²) in [5, 5.41) is 9.03. The van der Waals surface area contributed by atoms with E-state index in [-0.39, 0.29) is 24.7 Å². The van der Waals surface area contributed by atoms with Gasteiger partial charge in [-0.15, -0.1) is 0 Å². The summed E-state index contributed by atoms with van der Waals surface area (Å²) in [6.45, 7) is 5.20. The second-order valence-corrected chi connectivity index (χ2v) is 7.25. The van der Waals surface area contributed by atoms with Gasteiger partial charge in [0.05, 0.1) is 25.0 Å². The van der Waals surface area contributed by atoms with E-state index in [1.807, 2.05) is 55.5 Å². The molecular weight excluding hydrogens is 378 g/mol. The summed E-state index contributed by atoms with van der Waals surface area (Å²) < 4.78 is 5.47. The first-order valence-electron chi connectivity index (χ1n) is 10.4. The van der Waals surface area contributed by atoms with E-state index < -0.39 is 5.92 Å². The maximum atomic E-state index is 13.3. The Morgan fingerprint density at radius 2 is 1.87 bits per heavy atom. The van der Waals surface area contributed by atoms with Gasteiger partial charge in [-0.1, -0.05) is 19.1 Å². The molecule has 2 amide bonds. The molecule has 1 aliphatic rings. The van der Waals surface area contributed by atoms with Crippen molar-refractivity contribution in [2.45, 2.75) is 33.1 Å². The Bertz CT molecular complexity index is 916. The monoisotopic (exact) mass is 405 g/mol. The van der Waals surface area contributed by atoms with E-state index in [0.717, 1.165) is 17.9 Å². The third-order valence-electron chi connectivity index (χ3n) is 5.30. The molecule has 1 fully saturated rings. The number of anilines is 2. The van der Waals surface area contributed by atoms with Crippen LogP contribution in [0.15, 0.2) is 48.5 Å². The summed E-state index contributed by atoms with van der Waals surface area (Å²) in [6, 6.07) is 17.3. The van der Waals surface area contributed by atoms with Gasteiger partial charge >= 0.3 is 0 Å². The van der Waals surface area contributed by atoms with E-state index in [1.54, 1.807) is 9.80 Å². The molecule has 0 radical (unpaired) electrons. The highest BCUT2D eigenvalue weighted by Crippen LogP contribution is 2.29.